The normalized spacial score (nSPS) is 12.5. The molecular weight excluding hydrogens is 234 g/mol. The lowest BCUT2D eigenvalue weighted by molar-refractivity contribution is 0.727. The van der Waals surface area contributed by atoms with Crippen molar-refractivity contribution in [3.05, 3.63) is 72.3 Å². The molecule has 0 aliphatic heterocycles. The van der Waals surface area contributed by atoms with Crippen molar-refractivity contribution in [1.82, 2.24) is 9.97 Å². The molecule has 0 aliphatic rings. The molecular formula is C16H15N3. The van der Waals surface area contributed by atoms with Gasteiger partial charge in [-0.05, 0) is 41.1 Å². The van der Waals surface area contributed by atoms with Crippen LogP contribution in [0.4, 0.5) is 0 Å². The van der Waals surface area contributed by atoms with Gasteiger partial charge in [-0.25, -0.2) is 0 Å². The van der Waals surface area contributed by atoms with Gasteiger partial charge in [-0.3, -0.25) is 9.97 Å². The molecule has 0 saturated carbocycles. The Kier molecular flexibility index (Phi) is 3.21. The van der Waals surface area contributed by atoms with E-state index < -0.39 is 0 Å². The van der Waals surface area contributed by atoms with E-state index in [2.05, 4.69) is 22.1 Å². The smallest absolute Gasteiger partial charge is 0.0346 e. The zero-order valence-electron chi connectivity index (χ0n) is 10.5. The zero-order valence-corrected chi connectivity index (χ0v) is 10.5. The van der Waals surface area contributed by atoms with E-state index in [0.29, 0.717) is 0 Å². The summed E-state index contributed by atoms with van der Waals surface area (Å²) in [7, 11) is 0. The minimum atomic E-state index is -0.0199. The van der Waals surface area contributed by atoms with Crippen LogP contribution in [-0.4, -0.2) is 9.97 Å². The Labute approximate surface area is 112 Å². The van der Waals surface area contributed by atoms with Crippen LogP contribution < -0.4 is 5.73 Å². The van der Waals surface area contributed by atoms with Gasteiger partial charge < -0.3 is 5.73 Å². The molecule has 1 aromatic carbocycles. The summed E-state index contributed by atoms with van der Waals surface area (Å²) < 4.78 is 0. The highest BCUT2D eigenvalue weighted by Crippen LogP contribution is 2.24. The van der Waals surface area contributed by atoms with Crippen molar-refractivity contribution in [2.45, 2.75) is 12.5 Å². The maximum absolute atomic E-state index is 6.35. The first-order valence-electron chi connectivity index (χ1n) is 6.32. The summed E-state index contributed by atoms with van der Waals surface area (Å²) >= 11 is 0. The zero-order chi connectivity index (χ0) is 13.1. The summed E-state index contributed by atoms with van der Waals surface area (Å²) in [6.45, 7) is 0. The van der Waals surface area contributed by atoms with Crippen LogP contribution in [0.5, 0.6) is 0 Å². The lowest BCUT2D eigenvalue weighted by Crippen LogP contribution is -2.13. The van der Waals surface area contributed by atoms with Gasteiger partial charge in [-0.2, -0.15) is 0 Å². The van der Waals surface area contributed by atoms with E-state index >= 15 is 0 Å². The van der Waals surface area contributed by atoms with Crippen molar-refractivity contribution in [3.63, 3.8) is 0 Å². The Bertz CT molecular complexity index is 674. The predicted molar refractivity (Wildman–Crippen MR) is 76.6 cm³/mol. The maximum Gasteiger partial charge on any atom is 0.0346 e. The van der Waals surface area contributed by atoms with Crippen molar-refractivity contribution in [1.29, 1.82) is 0 Å². The summed E-state index contributed by atoms with van der Waals surface area (Å²) in [5.41, 5.74) is 8.72. The fraction of sp³-hybridized carbons (Fsp3) is 0.125. The first-order chi connectivity index (χ1) is 9.34. The largest absolute Gasteiger partial charge is 0.324 e. The molecule has 2 aromatic heterocycles. The molecule has 19 heavy (non-hydrogen) atoms. The summed E-state index contributed by atoms with van der Waals surface area (Å²) in [4.78, 5) is 8.17. The Morgan fingerprint density at radius 1 is 0.947 bits per heavy atom. The second-order valence-electron chi connectivity index (χ2n) is 4.61. The van der Waals surface area contributed by atoms with E-state index in [0.717, 1.165) is 17.4 Å². The average molecular weight is 249 g/mol. The fourth-order valence-corrected chi connectivity index (χ4v) is 2.35. The second-order valence-corrected chi connectivity index (χ2v) is 4.61. The topological polar surface area (TPSA) is 51.8 Å². The van der Waals surface area contributed by atoms with Crippen molar-refractivity contribution >= 4 is 10.8 Å². The van der Waals surface area contributed by atoms with E-state index in [1.54, 1.807) is 12.4 Å². The number of rotatable bonds is 3. The lowest BCUT2D eigenvalue weighted by atomic mass is 9.96. The van der Waals surface area contributed by atoms with Crippen LogP contribution in [0.3, 0.4) is 0 Å². The van der Waals surface area contributed by atoms with E-state index in [1.165, 1.54) is 10.9 Å². The van der Waals surface area contributed by atoms with Gasteiger partial charge >= 0.3 is 0 Å². The number of pyridine rings is 2. The standard InChI is InChI=1S/C16H15N3/c17-16(10-12-4-7-18-8-5-12)15-3-1-2-13-11-19-9-6-14(13)15/h1-9,11,16H,10,17H2. The molecule has 0 fully saturated rings. The third-order valence-electron chi connectivity index (χ3n) is 3.32. The number of hydrogen-bond donors (Lipinski definition) is 1. The van der Waals surface area contributed by atoms with Crippen LogP contribution in [-0.2, 0) is 6.42 Å². The van der Waals surface area contributed by atoms with E-state index in [1.807, 2.05) is 36.7 Å². The summed E-state index contributed by atoms with van der Waals surface area (Å²) in [5.74, 6) is 0. The highest BCUT2D eigenvalue weighted by molar-refractivity contribution is 5.85. The minimum absolute atomic E-state index is 0.0199. The fourth-order valence-electron chi connectivity index (χ4n) is 2.35. The maximum atomic E-state index is 6.35. The van der Waals surface area contributed by atoms with Gasteiger partial charge in [0.25, 0.3) is 0 Å². The monoisotopic (exact) mass is 249 g/mol. The van der Waals surface area contributed by atoms with Crippen molar-refractivity contribution in [3.8, 4) is 0 Å². The van der Waals surface area contributed by atoms with Crippen molar-refractivity contribution in [2.24, 2.45) is 5.73 Å². The summed E-state index contributed by atoms with van der Waals surface area (Å²) in [6.07, 6.45) is 8.09. The van der Waals surface area contributed by atoms with Gasteiger partial charge in [0.1, 0.15) is 0 Å². The number of nitrogens with two attached hydrogens (primary N) is 1. The van der Waals surface area contributed by atoms with Crippen LogP contribution in [0, 0.1) is 0 Å². The van der Waals surface area contributed by atoms with E-state index in [9.17, 15) is 0 Å². The van der Waals surface area contributed by atoms with Crippen LogP contribution in [0.1, 0.15) is 17.2 Å². The molecule has 94 valence electrons. The quantitative estimate of drug-likeness (QED) is 0.776. The van der Waals surface area contributed by atoms with Gasteiger partial charge in [0.15, 0.2) is 0 Å². The van der Waals surface area contributed by atoms with Crippen LogP contribution in [0.25, 0.3) is 10.8 Å². The third kappa shape index (κ3) is 2.46. The summed E-state index contributed by atoms with van der Waals surface area (Å²) in [6, 6.07) is 12.2. The lowest BCUT2D eigenvalue weighted by Gasteiger charge is -2.14. The third-order valence-corrected chi connectivity index (χ3v) is 3.32. The first kappa shape index (κ1) is 11.8. The van der Waals surface area contributed by atoms with Crippen molar-refractivity contribution in [2.75, 3.05) is 0 Å². The van der Waals surface area contributed by atoms with Crippen LogP contribution in [0.15, 0.2) is 61.2 Å². The molecule has 3 aromatic rings. The van der Waals surface area contributed by atoms with Crippen molar-refractivity contribution < 1.29 is 0 Å². The summed E-state index contributed by atoms with van der Waals surface area (Å²) in [5, 5.41) is 2.31. The Balaban J connectivity index is 1.96. The predicted octanol–water partition coefficient (Wildman–Crippen LogP) is 2.87. The highest BCUT2D eigenvalue weighted by atomic mass is 14.6. The van der Waals surface area contributed by atoms with Gasteiger partial charge in [0.2, 0.25) is 0 Å². The number of aromatic nitrogens is 2. The Morgan fingerprint density at radius 2 is 1.74 bits per heavy atom. The molecule has 3 heteroatoms. The molecule has 0 radical (unpaired) electrons. The number of fused-ring (bicyclic) bond motifs is 1. The molecule has 2 N–H and O–H groups in total. The molecule has 2 heterocycles. The Hall–Kier alpha value is -2.26. The number of benzene rings is 1. The molecule has 3 rings (SSSR count). The molecule has 1 unspecified atom stereocenters. The molecule has 0 aliphatic carbocycles. The highest BCUT2D eigenvalue weighted by Gasteiger charge is 2.10. The minimum Gasteiger partial charge on any atom is -0.324 e. The SMILES string of the molecule is NC(Cc1ccncc1)c1cccc2cnccc12. The molecule has 3 nitrogen and oxygen atoms in total. The number of hydrogen-bond acceptors (Lipinski definition) is 3. The molecule has 0 saturated heterocycles. The Morgan fingerprint density at radius 3 is 2.58 bits per heavy atom. The molecule has 0 bridgehead atoms. The van der Waals surface area contributed by atoms with Gasteiger partial charge in [-0.15, -0.1) is 0 Å². The van der Waals surface area contributed by atoms with Crippen LogP contribution >= 0.6 is 0 Å². The first-order valence-corrected chi connectivity index (χ1v) is 6.32. The second kappa shape index (κ2) is 5.16. The molecule has 1 atom stereocenters. The van der Waals surface area contributed by atoms with E-state index in [4.69, 9.17) is 5.73 Å². The van der Waals surface area contributed by atoms with Crippen LogP contribution in [0.2, 0.25) is 0 Å². The van der Waals surface area contributed by atoms with E-state index in [-0.39, 0.29) is 6.04 Å². The number of nitrogens with zero attached hydrogens (tertiary/aromatic N) is 2. The molecule has 0 amide bonds. The van der Waals surface area contributed by atoms with Gasteiger partial charge in [0, 0.05) is 36.2 Å². The van der Waals surface area contributed by atoms with Gasteiger partial charge in [-0.1, -0.05) is 18.2 Å². The van der Waals surface area contributed by atoms with Gasteiger partial charge in [0.05, 0.1) is 0 Å². The molecule has 0 spiro atoms. The average Bonchev–Trinajstić information content (AvgIpc) is 2.47.